The quantitative estimate of drug-likeness (QED) is 0.388. The van der Waals surface area contributed by atoms with Crippen LogP contribution < -0.4 is 16.0 Å². The molecule has 0 aliphatic heterocycles. The topological polar surface area (TPSA) is 70.2 Å². The van der Waals surface area contributed by atoms with Crippen LogP contribution in [0.3, 0.4) is 0 Å². The first-order chi connectivity index (χ1) is 16.7. The molecule has 5 heteroatoms. The number of unbranched alkanes of at least 4 members (excludes halogenated alkanes) is 1. The van der Waals surface area contributed by atoms with Gasteiger partial charge < -0.3 is 16.0 Å². The fourth-order valence-electron chi connectivity index (χ4n) is 3.66. The standard InChI is InChI=1S/C16H16N2O2.C13H19N/c19-15(17-11-13-7-3-1-4-8-13)12-18-16(20)14-9-5-2-6-10-14;1-2-3-9-14-13-10-12(13)11-7-5-4-6-8-11/h1-10H,11-12H2,(H,17,19)(H,18,20);4-8,12-14H,2-3,9-10H2,1H3. The first-order valence-electron chi connectivity index (χ1n) is 12.1. The van der Waals surface area contributed by atoms with Gasteiger partial charge in [-0.25, -0.2) is 0 Å². The number of carbonyl (C=O) groups excluding carboxylic acids is 2. The van der Waals surface area contributed by atoms with E-state index in [-0.39, 0.29) is 18.4 Å². The maximum Gasteiger partial charge on any atom is 0.251 e. The lowest BCUT2D eigenvalue weighted by Gasteiger charge is -2.07. The highest BCUT2D eigenvalue weighted by Crippen LogP contribution is 2.40. The van der Waals surface area contributed by atoms with E-state index >= 15 is 0 Å². The van der Waals surface area contributed by atoms with Crippen LogP contribution >= 0.6 is 0 Å². The van der Waals surface area contributed by atoms with Crippen LogP contribution in [-0.4, -0.2) is 30.9 Å². The third kappa shape index (κ3) is 8.83. The Balaban J connectivity index is 0.000000202. The largest absolute Gasteiger partial charge is 0.350 e. The van der Waals surface area contributed by atoms with Gasteiger partial charge >= 0.3 is 0 Å². The Bertz CT molecular complexity index is 994. The number of nitrogens with one attached hydrogen (secondary N) is 3. The van der Waals surface area contributed by atoms with Crippen molar-refractivity contribution in [1.82, 2.24) is 16.0 Å². The molecule has 3 N–H and O–H groups in total. The van der Waals surface area contributed by atoms with Crippen molar-refractivity contribution in [1.29, 1.82) is 0 Å². The molecule has 2 atom stereocenters. The zero-order valence-electron chi connectivity index (χ0n) is 19.9. The van der Waals surface area contributed by atoms with Crippen molar-refractivity contribution in [3.8, 4) is 0 Å². The highest BCUT2D eigenvalue weighted by Gasteiger charge is 2.37. The van der Waals surface area contributed by atoms with E-state index in [2.05, 4.69) is 53.2 Å². The highest BCUT2D eigenvalue weighted by molar-refractivity contribution is 5.96. The van der Waals surface area contributed by atoms with Gasteiger partial charge in [0.05, 0.1) is 6.54 Å². The number of hydrogen-bond donors (Lipinski definition) is 3. The molecular weight excluding hydrogens is 422 g/mol. The summed E-state index contributed by atoms with van der Waals surface area (Å²) in [6, 6.07) is 30.0. The van der Waals surface area contributed by atoms with Crippen molar-refractivity contribution in [3.63, 3.8) is 0 Å². The number of amides is 2. The van der Waals surface area contributed by atoms with Crippen molar-refractivity contribution in [2.45, 2.75) is 44.7 Å². The Labute approximate surface area is 203 Å². The van der Waals surface area contributed by atoms with E-state index in [0.717, 1.165) is 17.5 Å². The molecule has 0 heterocycles. The summed E-state index contributed by atoms with van der Waals surface area (Å²) in [6.45, 7) is 3.86. The molecule has 3 aromatic carbocycles. The molecule has 1 fully saturated rings. The lowest BCUT2D eigenvalue weighted by atomic mass is 10.1. The monoisotopic (exact) mass is 457 g/mol. The highest BCUT2D eigenvalue weighted by atomic mass is 16.2. The van der Waals surface area contributed by atoms with Gasteiger partial charge in [-0.15, -0.1) is 0 Å². The number of rotatable bonds is 10. The fourth-order valence-corrected chi connectivity index (χ4v) is 3.66. The molecule has 1 saturated carbocycles. The van der Waals surface area contributed by atoms with Crippen molar-refractivity contribution < 1.29 is 9.59 Å². The minimum absolute atomic E-state index is 0.0272. The summed E-state index contributed by atoms with van der Waals surface area (Å²) in [4.78, 5) is 23.4. The molecule has 4 rings (SSSR count). The smallest absolute Gasteiger partial charge is 0.251 e. The van der Waals surface area contributed by atoms with Crippen LogP contribution in [0, 0.1) is 0 Å². The van der Waals surface area contributed by atoms with Crippen molar-refractivity contribution in [2.24, 2.45) is 0 Å². The van der Waals surface area contributed by atoms with Gasteiger partial charge in [0.2, 0.25) is 5.91 Å². The minimum Gasteiger partial charge on any atom is -0.350 e. The van der Waals surface area contributed by atoms with Crippen LogP contribution in [0.4, 0.5) is 0 Å². The number of carbonyl (C=O) groups is 2. The van der Waals surface area contributed by atoms with Gasteiger partial charge in [-0.2, -0.15) is 0 Å². The first-order valence-corrected chi connectivity index (χ1v) is 12.1. The second-order valence-corrected chi connectivity index (χ2v) is 8.48. The molecule has 1 aliphatic rings. The fraction of sp³-hybridized carbons (Fsp3) is 0.310. The van der Waals surface area contributed by atoms with Gasteiger partial charge in [0.25, 0.3) is 5.91 Å². The molecule has 1 aliphatic carbocycles. The van der Waals surface area contributed by atoms with Gasteiger partial charge in [0.15, 0.2) is 0 Å². The Morgan fingerprint density at radius 2 is 1.44 bits per heavy atom. The van der Waals surface area contributed by atoms with Crippen LogP contribution in [0.15, 0.2) is 91.0 Å². The van der Waals surface area contributed by atoms with E-state index in [9.17, 15) is 9.59 Å². The summed E-state index contributed by atoms with van der Waals surface area (Å²) in [5.41, 5.74) is 3.07. The SMILES string of the molecule is CCCCNC1CC1c1ccccc1.O=C(CNC(=O)c1ccccc1)NCc1ccccc1. The average molecular weight is 458 g/mol. The van der Waals surface area contributed by atoms with Crippen molar-refractivity contribution in [3.05, 3.63) is 108 Å². The maximum absolute atomic E-state index is 11.7. The van der Waals surface area contributed by atoms with Gasteiger partial charge in [-0.3, -0.25) is 9.59 Å². The summed E-state index contributed by atoms with van der Waals surface area (Å²) in [5.74, 6) is 0.326. The van der Waals surface area contributed by atoms with Gasteiger partial charge in [-0.1, -0.05) is 92.2 Å². The second-order valence-electron chi connectivity index (χ2n) is 8.48. The summed E-state index contributed by atoms with van der Waals surface area (Å²) >= 11 is 0. The van der Waals surface area contributed by atoms with E-state index < -0.39 is 0 Å². The van der Waals surface area contributed by atoms with Crippen LogP contribution in [0.25, 0.3) is 0 Å². The van der Waals surface area contributed by atoms with Crippen molar-refractivity contribution >= 4 is 11.8 Å². The van der Waals surface area contributed by atoms with Crippen LogP contribution in [0.1, 0.15) is 53.6 Å². The lowest BCUT2D eigenvalue weighted by Crippen LogP contribution is -2.36. The number of hydrogen-bond acceptors (Lipinski definition) is 3. The molecule has 5 nitrogen and oxygen atoms in total. The molecule has 178 valence electrons. The second kappa shape index (κ2) is 14.0. The zero-order valence-corrected chi connectivity index (χ0v) is 19.9. The van der Waals surface area contributed by atoms with Crippen LogP contribution in [-0.2, 0) is 11.3 Å². The van der Waals surface area contributed by atoms with Gasteiger partial charge in [-0.05, 0) is 42.6 Å². The molecular formula is C29H35N3O2. The summed E-state index contributed by atoms with van der Waals surface area (Å²) < 4.78 is 0. The van der Waals surface area contributed by atoms with E-state index in [1.54, 1.807) is 24.3 Å². The Kier molecular flexibility index (Phi) is 10.3. The zero-order chi connectivity index (χ0) is 24.0. The van der Waals surface area contributed by atoms with E-state index in [0.29, 0.717) is 12.1 Å². The molecule has 2 amide bonds. The third-order valence-electron chi connectivity index (χ3n) is 5.73. The first kappa shape index (κ1) is 25.2. The average Bonchev–Trinajstić information content (AvgIpc) is 3.68. The summed E-state index contributed by atoms with van der Waals surface area (Å²) in [7, 11) is 0. The molecule has 0 radical (unpaired) electrons. The normalized spacial score (nSPS) is 16.0. The predicted octanol–water partition coefficient (Wildman–Crippen LogP) is 4.67. The Hall–Kier alpha value is -3.44. The number of benzene rings is 3. The van der Waals surface area contributed by atoms with E-state index in [4.69, 9.17) is 0 Å². The lowest BCUT2D eigenvalue weighted by molar-refractivity contribution is -0.120. The summed E-state index contributed by atoms with van der Waals surface area (Å²) in [6.07, 6.45) is 3.92. The van der Waals surface area contributed by atoms with Crippen LogP contribution in [0.2, 0.25) is 0 Å². The molecule has 0 bridgehead atoms. The molecule has 0 aromatic heterocycles. The van der Waals surface area contributed by atoms with Crippen LogP contribution in [0.5, 0.6) is 0 Å². The Morgan fingerprint density at radius 3 is 2.09 bits per heavy atom. The van der Waals surface area contributed by atoms with Gasteiger partial charge in [0.1, 0.15) is 0 Å². The Morgan fingerprint density at radius 1 is 0.824 bits per heavy atom. The molecule has 34 heavy (non-hydrogen) atoms. The van der Waals surface area contributed by atoms with Crippen molar-refractivity contribution in [2.75, 3.05) is 13.1 Å². The minimum atomic E-state index is -0.250. The predicted molar refractivity (Wildman–Crippen MR) is 138 cm³/mol. The molecule has 2 unspecified atom stereocenters. The van der Waals surface area contributed by atoms with Gasteiger partial charge in [0, 0.05) is 24.1 Å². The maximum atomic E-state index is 11.7. The third-order valence-corrected chi connectivity index (χ3v) is 5.73. The van der Waals surface area contributed by atoms with E-state index in [1.165, 1.54) is 31.4 Å². The summed E-state index contributed by atoms with van der Waals surface area (Å²) in [5, 5.41) is 8.94. The molecule has 0 spiro atoms. The molecule has 3 aromatic rings. The molecule has 0 saturated heterocycles. The van der Waals surface area contributed by atoms with E-state index in [1.807, 2.05) is 36.4 Å².